The van der Waals surface area contributed by atoms with E-state index >= 15 is 0 Å². The van der Waals surface area contributed by atoms with E-state index in [0.717, 1.165) is 29.8 Å². The number of aliphatic imine (C=N–C) groups is 1. The summed E-state index contributed by atoms with van der Waals surface area (Å²) in [7, 11) is 0. The van der Waals surface area contributed by atoms with Crippen LogP contribution in [0.5, 0.6) is 0 Å². The number of amidine groups is 1. The summed E-state index contributed by atoms with van der Waals surface area (Å²) in [5.74, 6) is -1.22. The summed E-state index contributed by atoms with van der Waals surface area (Å²) in [6.45, 7) is 0. The Hall–Kier alpha value is -3.27. The first-order valence-electron chi connectivity index (χ1n) is 8.39. The Labute approximate surface area is 163 Å². The lowest BCUT2D eigenvalue weighted by molar-refractivity contribution is -0.384. The monoisotopic (exact) mass is 399 g/mol. The number of anilines is 1. The number of thioether (sulfide) groups is 1. The Kier molecular flexibility index (Phi) is 4.78. The van der Waals surface area contributed by atoms with Gasteiger partial charge >= 0.3 is 0 Å². The standard InChI is InChI=1S/C18H14FN5O3S/c19-11-5-6-14(16(9-11)24(26)27)21-17(25)10-28-18-22-13-4-2-1-3-12(13)15-7-8-20-23(15)18/h1-6,8-9,15H,7,10H2,(H,21,25). The van der Waals surface area contributed by atoms with Crippen molar-refractivity contribution in [2.24, 2.45) is 10.1 Å². The van der Waals surface area contributed by atoms with Crippen LogP contribution in [0.25, 0.3) is 0 Å². The van der Waals surface area contributed by atoms with Gasteiger partial charge in [0.1, 0.15) is 11.5 Å². The first-order valence-corrected chi connectivity index (χ1v) is 9.37. The van der Waals surface area contributed by atoms with E-state index < -0.39 is 22.3 Å². The molecule has 142 valence electrons. The molecule has 1 atom stereocenters. The number of carbonyl (C=O) groups excluding carboxylic acids is 1. The third-order valence-corrected chi connectivity index (χ3v) is 5.24. The molecule has 28 heavy (non-hydrogen) atoms. The normalized spacial score (nSPS) is 17.0. The second-order valence-electron chi connectivity index (χ2n) is 6.10. The molecule has 0 fully saturated rings. The Bertz CT molecular complexity index is 1030. The van der Waals surface area contributed by atoms with Crippen LogP contribution < -0.4 is 5.32 Å². The van der Waals surface area contributed by atoms with Gasteiger partial charge in [0.15, 0.2) is 5.17 Å². The number of halogens is 1. The number of amides is 1. The summed E-state index contributed by atoms with van der Waals surface area (Å²) < 4.78 is 13.2. The number of nitro groups is 1. The van der Waals surface area contributed by atoms with Crippen molar-refractivity contribution in [3.63, 3.8) is 0 Å². The Morgan fingerprint density at radius 2 is 2.18 bits per heavy atom. The van der Waals surface area contributed by atoms with Crippen LogP contribution in [-0.2, 0) is 4.79 Å². The Morgan fingerprint density at radius 1 is 1.36 bits per heavy atom. The number of hydrazone groups is 1. The van der Waals surface area contributed by atoms with Gasteiger partial charge in [0.2, 0.25) is 5.91 Å². The molecule has 2 aromatic rings. The number of benzene rings is 2. The number of rotatable bonds is 4. The molecule has 2 aliphatic heterocycles. The average Bonchev–Trinajstić information content (AvgIpc) is 3.17. The van der Waals surface area contributed by atoms with Crippen LogP contribution in [0.2, 0.25) is 0 Å². The number of hydrogen-bond donors (Lipinski definition) is 1. The number of hydrogen-bond acceptors (Lipinski definition) is 7. The Balaban J connectivity index is 1.48. The van der Waals surface area contributed by atoms with Gasteiger partial charge in [-0.1, -0.05) is 30.0 Å². The van der Waals surface area contributed by atoms with Gasteiger partial charge in [-0.25, -0.2) is 14.4 Å². The fraction of sp³-hybridized carbons (Fsp3) is 0.167. The molecule has 1 amide bonds. The van der Waals surface area contributed by atoms with E-state index in [-0.39, 0.29) is 17.5 Å². The summed E-state index contributed by atoms with van der Waals surface area (Å²) in [6.07, 6.45) is 2.56. The van der Waals surface area contributed by atoms with Crippen LogP contribution in [-0.4, -0.2) is 33.0 Å². The summed E-state index contributed by atoms with van der Waals surface area (Å²) in [6, 6.07) is 10.8. The number of nitro benzene ring substituents is 1. The number of nitrogens with one attached hydrogen (secondary N) is 1. The lowest BCUT2D eigenvalue weighted by Gasteiger charge is -2.29. The van der Waals surface area contributed by atoms with Gasteiger partial charge in [-0.15, -0.1) is 0 Å². The smallest absolute Gasteiger partial charge is 0.295 e. The van der Waals surface area contributed by atoms with E-state index in [9.17, 15) is 19.3 Å². The second-order valence-corrected chi connectivity index (χ2v) is 7.05. The molecule has 2 aromatic carbocycles. The highest BCUT2D eigenvalue weighted by Gasteiger charge is 2.32. The largest absolute Gasteiger partial charge is 0.320 e. The molecule has 0 saturated heterocycles. The topological polar surface area (TPSA) is 100 Å². The minimum Gasteiger partial charge on any atom is -0.320 e. The third kappa shape index (κ3) is 3.46. The van der Waals surface area contributed by atoms with Crippen LogP contribution in [0, 0.1) is 15.9 Å². The predicted octanol–water partition coefficient (Wildman–Crippen LogP) is 3.84. The van der Waals surface area contributed by atoms with Gasteiger partial charge in [-0.2, -0.15) is 5.10 Å². The van der Waals surface area contributed by atoms with Crippen LogP contribution in [0.15, 0.2) is 52.6 Å². The van der Waals surface area contributed by atoms with Crippen molar-refractivity contribution in [2.75, 3.05) is 11.1 Å². The zero-order chi connectivity index (χ0) is 19.7. The molecular weight excluding hydrogens is 385 g/mol. The summed E-state index contributed by atoms with van der Waals surface area (Å²) >= 11 is 1.19. The SMILES string of the molecule is O=C(CSC1=Nc2ccccc2C2CC=NN12)Nc1ccc(F)cc1[N+](=O)[O-]. The number of fused-ring (bicyclic) bond motifs is 3. The van der Waals surface area contributed by atoms with Crippen molar-refractivity contribution < 1.29 is 14.1 Å². The predicted molar refractivity (Wildman–Crippen MR) is 105 cm³/mol. The zero-order valence-corrected chi connectivity index (χ0v) is 15.2. The number of carbonyl (C=O) groups is 1. The first-order chi connectivity index (χ1) is 13.5. The number of para-hydroxylation sites is 1. The maximum Gasteiger partial charge on any atom is 0.295 e. The molecule has 2 heterocycles. The van der Waals surface area contributed by atoms with Gasteiger partial charge in [-0.05, 0) is 18.2 Å². The molecule has 0 radical (unpaired) electrons. The maximum atomic E-state index is 13.2. The molecule has 0 spiro atoms. The number of nitrogens with zero attached hydrogens (tertiary/aromatic N) is 4. The third-order valence-electron chi connectivity index (χ3n) is 4.30. The molecule has 10 heteroatoms. The molecule has 0 saturated carbocycles. The van der Waals surface area contributed by atoms with Crippen molar-refractivity contribution in [3.8, 4) is 0 Å². The van der Waals surface area contributed by atoms with E-state index in [1.165, 1.54) is 17.8 Å². The summed E-state index contributed by atoms with van der Waals surface area (Å²) in [5.41, 5.74) is 1.37. The van der Waals surface area contributed by atoms with Gasteiger partial charge < -0.3 is 5.32 Å². The maximum absolute atomic E-state index is 13.2. The molecule has 0 aliphatic carbocycles. The fourth-order valence-corrected chi connectivity index (χ4v) is 3.86. The molecule has 2 aliphatic rings. The van der Waals surface area contributed by atoms with Crippen LogP contribution in [0.1, 0.15) is 18.0 Å². The van der Waals surface area contributed by atoms with Gasteiger partial charge in [-0.3, -0.25) is 14.9 Å². The molecule has 4 rings (SSSR count). The highest BCUT2D eigenvalue weighted by molar-refractivity contribution is 8.14. The highest BCUT2D eigenvalue weighted by atomic mass is 32.2. The van der Waals surface area contributed by atoms with E-state index in [0.29, 0.717) is 5.17 Å². The van der Waals surface area contributed by atoms with E-state index in [4.69, 9.17) is 0 Å². The van der Waals surface area contributed by atoms with E-state index in [1.807, 2.05) is 30.5 Å². The molecule has 0 aromatic heterocycles. The quantitative estimate of drug-likeness (QED) is 0.622. The molecule has 8 nitrogen and oxygen atoms in total. The summed E-state index contributed by atoms with van der Waals surface area (Å²) in [5, 5.41) is 20.2. The molecule has 0 bridgehead atoms. The molecular formula is C18H14FN5O3S. The first kappa shape index (κ1) is 18.1. The van der Waals surface area contributed by atoms with E-state index in [2.05, 4.69) is 15.4 Å². The second kappa shape index (κ2) is 7.39. The van der Waals surface area contributed by atoms with Crippen molar-refractivity contribution in [1.82, 2.24) is 5.01 Å². The van der Waals surface area contributed by atoms with Gasteiger partial charge in [0.25, 0.3) is 5.69 Å². The summed E-state index contributed by atoms with van der Waals surface area (Å²) in [4.78, 5) is 27.2. The van der Waals surface area contributed by atoms with E-state index in [1.54, 1.807) is 5.01 Å². The molecule has 1 N–H and O–H groups in total. The molecule has 1 unspecified atom stereocenters. The zero-order valence-electron chi connectivity index (χ0n) is 14.4. The fourth-order valence-electron chi connectivity index (χ4n) is 3.06. The van der Waals surface area contributed by atoms with Crippen molar-refractivity contribution in [1.29, 1.82) is 0 Å². The van der Waals surface area contributed by atoms with Gasteiger partial charge in [0, 0.05) is 18.2 Å². The minimum absolute atomic E-state index is 0.0196. The van der Waals surface area contributed by atoms with Crippen molar-refractivity contribution in [3.05, 3.63) is 64.0 Å². The van der Waals surface area contributed by atoms with Crippen molar-refractivity contribution in [2.45, 2.75) is 12.5 Å². The lowest BCUT2D eigenvalue weighted by Crippen LogP contribution is -2.29. The highest BCUT2D eigenvalue weighted by Crippen LogP contribution is 2.40. The van der Waals surface area contributed by atoms with Gasteiger partial charge in [0.05, 0.1) is 28.5 Å². The lowest BCUT2D eigenvalue weighted by atomic mass is 10.0. The minimum atomic E-state index is -0.743. The average molecular weight is 399 g/mol. The van der Waals surface area contributed by atoms with Crippen molar-refractivity contribution >= 4 is 46.1 Å². The van der Waals surface area contributed by atoms with Crippen LogP contribution >= 0.6 is 11.8 Å². The van der Waals surface area contributed by atoms with Crippen LogP contribution in [0.3, 0.4) is 0 Å². The van der Waals surface area contributed by atoms with Crippen LogP contribution in [0.4, 0.5) is 21.5 Å². The Morgan fingerprint density at radius 3 is 3.00 bits per heavy atom.